The van der Waals surface area contributed by atoms with Crippen LogP contribution in [0, 0.1) is 13.8 Å². The topological polar surface area (TPSA) is 49.2 Å². The first-order valence-electron chi connectivity index (χ1n) is 16.4. The fourth-order valence-electron chi connectivity index (χ4n) is 6.53. The maximum atomic E-state index is 10.9. The standard InChI is InChI=1S/C44H39N3O/c1-29-14-12-15-30(2)43(29)33-26-38(46-39(27-33)37-19-8-9-21-41(37)48)32-24-34(44(3,4)5)28-35(25-32)47(42-22-10-11-23-45-42)40-20-13-17-31-16-6-7-18-36(31)40/h6-28,48H,1-5H3. The lowest BCUT2D eigenvalue weighted by Crippen LogP contribution is -2.16. The summed E-state index contributed by atoms with van der Waals surface area (Å²) in [6, 6.07) is 45.8. The third-order valence-electron chi connectivity index (χ3n) is 9.00. The second kappa shape index (κ2) is 12.5. The number of para-hydroxylation sites is 1. The highest BCUT2D eigenvalue weighted by molar-refractivity contribution is 5.99. The van der Waals surface area contributed by atoms with Crippen molar-refractivity contribution in [1.82, 2.24) is 9.97 Å². The van der Waals surface area contributed by atoms with Crippen molar-refractivity contribution in [3.8, 4) is 39.4 Å². The molecule has 0 fully saturated rings. The summed E-state index contributed by atoms with van der Waals surface area (Å²) in [5.74, 6) is 1.04. The van der Waals surface area contributed by atoms with Gasteiger partial charge in [-0.1, -0.05) is 93.6 Å². The van der Waals surface area contributed by atoms with Crippen LogP contribution in [0.1, 0.15) is 37.5 Å². The van der Waals surface area contributed by atoms with Gasteiger partial charge in [0.25, 0.3) is 0 Å². The maximum absolute atomic E-state index is 10.9. The number of hydrogen-bond donors (Lipinski definition) is 1. The largest absolute Gasteiger partial charge is 0.507 e. The van der Waals surface area contributed by atoms with Crippen LogP contribution in [0.5, 0.6) is 5.75 Å². The second-order valence-electron chi connectivity index (χ2n) is 13.5. The van der Waals surface area contributed by atoms with E-state index in [1.54, 1.807) is 6.07 Å². The minimum Gasteiger partial charge on any atom is -0.507 e. The van der Waals surface area contributed by atoms with E-state index in [4.69, 9.17) is 9.97 Å². The zero-order valence-electron chi connectivity index (χ0n) is 28.1. The monoisotopic (exact) mass is 625 g/mol. The molecule has 0 saturated carbocycles. The summed E-state index contributed by atoms with van der Waals surface area (Å²) in [6.07, 6.45) is 1.84. The first-order valence-corrected chi connectivity index (χ1v) is 16.4. The van der Waals surface area contributed by atoms with Crippen molar-refractivity contribution in [3.63, 3.8) is 0 Å². The fourth-order valence-corrected chi connectivity index (χ4v) is 6.53. The number of hydrogen-bond acceptors (Lipinski definition) is 4. The molecule has 7 rings (SSSR count). The lowest BCUT2D eigenvalue weighted by Gasteiger charge is -2.29. The van der Waals surface area contributed by atoms with Gasteiger partial charge in [0.05, 0.1) is 17.1 Å². The Kier molecular flexibility index (Phi) is 8.02. The first-order chi connectivity index (χ1) is 23.2. The molecule has 236 valence electrons. The van der Waals surface area contributed by atoms with Crippen molar-refractivity contribution in [2.45, 2.75) is 40.0 Å². The molecule has 2 aromatic heterocycles. The maximum Gasteiger partial charge on any atom is 0.137 e. The SMILES string of the molecule is Cc1cccc(C)c1-c1cc(-c2cc(N(c3ccccn3)c3cccc4ccccc34)cc(C(C)(C)C)c2)nc(-c2ccccc2O)c1. The molecule has 1 N–H and O–H groups in total. The highest BCUT2D eigenvalue weighted by Crippen LogP contribution is 2.43. The predicted octanol–water partition coefficient (Wildman–Crippen LogP) is 11.7. The molecule has 0 radical (unpaired) electrons. The quantitative estimate of drug-likeness (QED) is 0.200. The van der Waals surface area contributed by atoms with Crippen molar-refractivity contribution < 1.29 is 5.11 Å². The minimum atomic E-state index is -0.149. The molecule has 0 bridgehead atoms. The van der Waals surface area contributed by atoms with E-state index in [0.717, 1.165) is 45.1 Å². The summed E-state index contributed by atoms with van der Waals surface area (Å²) < 4.78 is 0. The van der Waals surface area contributed by atoms with Crippen molar-refractivity contribution >= 4 is 28.0 Å². The van der Waals surface area contributed by atoms with E-state index in [1.807, 2.05) is 36.5 Å². The summed E-state index contributed by atoms with van der Waals surface area (Å²) in [4.78, 5) is 12.3. The number of phenolic OH excluding ortho intramolecular Hbond substituents is 1. The summed E-state index contributed by atoms with van der Waals surface area (Å²) in [5, 5.41) is 13.3. The molecule has 0 saturated heterocycles. The van der Waals surface area contributed by atoms with Crippen molar-refractivity contribution in [3.05, 3.63) is 156 Å². The normalized spacial score (nSPS) is 11.5. The summed E-state index contributed by atoms with van der Waals surface area (Å²) in [7, 11) is 0. The van der Waals surface area contributed by atoms with Crippen LogP contribution in [0.15, 0.2) is 140 Å². The van der Waals surface area contributed by atoms with E-state index in [-0.39, 0.29) is 11.2 Å². The molecule has 48 heavy (non-hydrogen) atoms. The zero-order chi connectivity index (χ0) is 33.4. The molecule has 2 heterocycles. The van der Waals surface area contributed by atoms with Gasteiger partial charge in [0.15, 0.2) is 0 Å². The number of aromatic nitrogens is 2. The Morgan fingerprint density at radius 1 is 0.625 bits per heavy atom. The van der Waals surface area contributed by atoms with Crippen molar-refractivity contribution in [2.24, 2.45) is 0 Å². The molecule has 4 heteroatoms. The molecule has 0 spiro atoms. The third kappa shape index (κ3) is 5.93. The summed E-state index contributed by atoms with van der Waals surface area (Å²) >= 11 is 0. The number of benzene rings is 5. The highest BCUT2D eigenvalue weighted by Gasteiger charge is 2.23. The Morgan fingerprint density at radius 3 is 2.06 bits per heavy atom. The van der Waals surface area contributed by atoms with Crippen LogP contribution in [-0.4, -0.2) is 15.1 Å². The molecule has 0 amide bonds. The molecular weight excluding hydrogens is 587 g/mol. The molecule has 4 nitrogen and oxygen atoms in total. The molecule has 7 aromatic rings. The summed E-state index contributed by atoms with van der Waals surface area (Å²) in [6.45, 7) is 11.0. The number of aromatic hydroxyl groups is 1. The molecule has 0 aliphatic carbocycles. The molecule has 0 aliphatic heterocycles. The Balaban J connectivity index is 1.52. The van der Waals surface area contributed by atoms with Crippen molar-refractivity contribution in [2.75, 3.05) is 4.90 Å². The van der Waals surface area contributed by atoms with Gasteiger partial charge < -0.3 is 5.11 Å². The van der Waals surface area contributed by atoms with Gasteiger partial charge in [-0.2, -0.15) is 0 Å². The van der Waals surface area contributed by atoms with E-state index in [0.29, 0.717) is 5.56 Å². The van der Waals surface area contributed by atoms with Gasteiger partial charge in [0.2, 0.25) is 0 Å². The van der Waals surface area contributed by atoms with Gasteiger partial charge in [0, 0.05) is 28.4 Å². The van der Waals surface area contributed by atoms with Gasteiger partial charge in [-0.15, -0.1) is 0 Å². The lowest BCUT2D eigenvalue weighted by molar-refractivity contribution is 0.477. The number of nitrogens with zero attached hydrogens (tertiary/aromatic N) is 3. The third-order valence-corrected chi connectivity index (χ3v) is 9.00. The van der Waals surface area contributed by atoms with Crippen LogP contribution >= 0.6 is 0 Å². The van der Waals surface area contributed by atoms with E-state index in [1.165, 1.54) is 27.6 Å². The van der Waals surface area contributed by atoms with Gasteiger partial charge in [-0.3, -0.25) is 4.90 Å². The number of rotatable bonds is 6. The van der Waals surface area contributed by atoms with Gasteiger partial charge in [-0.25, -0.2) is 9.97 Å². The molecule has 0 unspecified atom stereocenters. The average molecular weight is 626 g/mol. The number of pyridine rings is 2. The Bertz CT molecular complexity index is 2240. The van der Waals surface area contributed by atoms with E-state index in [9.17, 15) is 5.11 Å². The number of anilines is 3. The molecule has 0 atom stereocenters. The van der Waals surface area contributed by atoms with E-state index in [2.05, 4.69) is 137 Å². The van der Waals surface area contributed by atoms with Crippen LogP contribution in [0.25, 0.3) is 44.4 Å². The predicted molar refractivity (Wildman–Crippen MR) is 200 cm³/mol. The fraction of sp³-hybridized carbons (Fsp3) is 0.136. The minimum absolute atomic E-state index is 0.149. The zero-order valence-corrected chi connectivity index (χ0v) is 28.1. The Morgan fingerprint density at radius 2 is 1.31 bits per heavy atom. The summed E-state index contributed by atoms with van der Waals surface area (Å²) in [5.41, 5.74) is 10.9. The number of phenols is 1. The van der Waals surface area contributed by atoms with Crippen LogP contribution in [0.2, 0.25) is 0 Å². The van der Waals surface area contributed by atoms with Gasteiger partial charge in [-0.05, 0) is 113 Å². The molecular formula is C44H39N3O. The van der Waals surface area contributed by atoms with Crippen LogP contribution in [0.3, 0.4) is 0 Å². The van der Waals surface area contributed by atoms with E-state index < -0.39 is 0 Å². The number of aryl methyl sites for hydroxylation is 2. The molecule has 5 aromatic carbocycles. The smallest absolute Gasteiger partial charge is 0.137 e. The van der Waals surface area contributed by atoms with Gasteiger partial charge >= 0.3 is 0 Å². The lowest BCUT2D eigenvalue weighted by atomic mass is 9.85. The van der Waals surface area contributed by atoms with Crippen LogP contribution in [0.4, 0.5) is 17.2 Å². The first kappa shape index (κ1) is 30.9. The van der Waals surface area contributed by atoms with Crippen LogP contribution < -0.4 is 4.90 Å². The Labute approximate surface area is 283 Å². The Hall–Kier alpha value is -5.74. The highest BCUT2D eigenvalue weighted by atomic mass is 16.3. The van der Waals surface area contributed by atoms with Crippen LogP contribution in [-0.2, 0) is 5.41 Å². The number of fused-ring (bicyclic) bond motifs is 1. The average Bonchev–Trinajstić information content (AvgIpc) is 3.08. The second-order valence-corrected chi connectivity index (χ2v) is 13.5. The van der Waals surface area contributed by atoms with Crippen molar-refractivity contribution in [1.29, 1.82) is 0 Å². The molecule has 0 aliphatic rings. The van der Waals surface area contributed by atoms with Gasteiger partial charge in [0.1, 0.15) is 11.6 Å². The van der Waals surface area contributed by atoms with E-state index >= 15 is 0 Å².